The third-order valence-corrected chi connectivity index (χ3v) is 2.94. The van der Waals surface area contributed by atoms with Gasteiger partial charge in [-0.2, -0.15) is 0 Å². The Hall–Kier alpha value is -0.520. The molecule has 0 bridgehead atoms. The molecule has 0 aliphatic carbocycles. The summed E-state index contributed by atoms with van der Waals surface area (Å²) in [5.41, 5.74) is 0. The van der Waals surface area contributed by atoms with Crippen molar-refractivity contribution in [1.82, 2.24) is 5.32 Å². The van der Waals surface area contributed by atoms with Gasteiger partial charge in [0.25, 0.3) is 0 Å². The van der Waals surface area contributed by atoms with E-state index in [0.29, 0.717) is 42.1 Å². The van der Waals surface area contributed by atoms with Gasteiger partial charge in [-0.1, -0.05) is 29.3 Å². The number of para-hydroxylation sites is 1. The van der Waals surface area contributed by atoms with Crippen LogP contribution < -0.4 is 10.1 Å². The van der Waals surface area contributed by atoms with Crippen LogP contribution in [0.25, 0.3) is 0 Å². The first-order chi connectivity index (χ1) is 9.15. The number of nitrogens with one attached hydrogen (secondary N) is 1. The molecule has 1 aromatic rings. The molecule has 1 aromatic carbocycles. The fourth-order valence-corrected chi connectivity index (χ4v) is 1.92. The van der Waals surface area contributed by atoms with Gasteiger partial charge in [-0.05, 0) is 19.1 Å². The van der Waals surface area contributed by atoms with Crippen molar-refractivity contribution >= 4 is 23.2 Å². The third-order valence-electron chi connectivity index (χ3n) is 2.35. The van der Waals surface area contributed by atoms with Gasteiger partial charge in [-0.15, -0.1) is 0 Å². The van der Waals surface area contributed by atoms with E-state index >= 15 is 0 Å². The van der Waals surface area contributed by atoms with Gasteiger partial charge in [-0.3, -0.25) is 0 Å². The Labute approximate surface area is 123 Å². The van der Waals surface area contributed by atoms with Crippen LogP contribution in [0.5, 0.6) is 5.75 Å². The van der Waals surface area contributed by atoms with Crippen LogP contribution in [0, 0.1) is 0 Å². The van der Waals surface area contributed by atoms with Crippen LogP contribution in [0.3, 0.4) is 0 Å². The van der Waals surface area contributed by atoms with Crippen LogP contribution >= 0.6 is 23.2 Å². The van der Waals surface area contributed by atoms with Crippen molar-refractivity contribution in [2.24, 2.45) is 0 Å². The molecule has 0 aliphatic rings. The molecular weight excluding hydrogens is 289 g/mol. The van der Waals surface area contributed by atoms with E-state index in [1.165, 1.54) is 0 Å². The quantitative estimate of drug-likeness (QED) is 0.688. The molecule has 0 spiro atoms. The Morgan fingerprint density at radius 1 is 1.32 bits per heavy atom. The highest BCUT2D eigenvalue weighted by molar-refractivity contribution is 6.37. The molecule has 1 atom stereocenters. The Kier molecular flexibility index (Phi) is 8.18. The summed E-state index contributed by atoms with van der Waals surface area (Å²) in [7, 11) is 0. The normalized spacial score (nSPS) is 12.4. The second-order valence-corrected chi connectivity index (χ2v) is 4.73. The summed E-state index contributed by atoms with van der Waals surface area (Å²) in [5.74, 6) is 0.402. The zero-order valence-electron chi connectivity index (χ0n) is 10.9. The van der Waals surface area contributed by atoms with Crippen LogP contribution in [0.2, 0.25) is 10.0 Å². The smallest absolute Gasteiger partial charge is 0.156 e. The summed E-state index contributed by atoms with van der Waals surface area (Å²) in [6, 6.07) is 5.12. The van der Waals surface area contributed by atoms with Gasteiger partial charge < -0.3 is 19.9 Å². The Balaban J connectivity index is 2.24. The summed E-state index contributed by atoms with van der Waals surface area (Å²) >= 11 is 11.9. The minimum Gasteiger partial charge on any atom is -0.488 e. The number of hydrogen-bond acceptors (Lipinski definition) is 4. The molecule has 2 N–H and O–H groups in total. The summed E-state index contributed by atoms with van der Waals surface area (Å²) in [6.45, 7) is 4.51. The maximum Gasteiger partial charge on any atom is 0.156 e. The molecule has 0 radical (unpaired) electrons. The van der Waals surface area contributed by atoms with Crippen LogP contribution in [0.1, 0.15) is 6.92 Å². The van der Waals surface area contributed by atoms with Crippen molar-refractivity contribution in [2.45, 2.75) is 13.0 Å². The number of halogens is 2. The molecule has 19 heavy (non-hydrogen) atoms. The fourth-order valence-electron chi connectivity index (χ4n) is 1.42. The largest absolute Gasteiger partial charge is 0.488 e. The number of aliphatic hydroxyl groups excluding tert-OH is 1. The van der Waals surface area contributed by atoms with E-state index in [4.69, 9.17) is 32.7 Å². The molecule has 1 rings (SSSR count). The van der Waals surface area contributed by atoms with Crippen molar-refractivity contribution in [3.63, 3.8) is 0 Å². The predicted molar refractivity (Wildman–Crippen MR) is 77.3 cm³/mol. The molecule has 0 fully saturated rings. The summed E-state index contributed by atoms with van der Waals surface area (Å²) in [5, 5.41) is 13.7. The van der Waals surface area contributed by atoms with E-state index in [-0.39, 0.29) is 6.61 Å². The first kappa shape index (κ1) is 16.5. The highest BCUT2D eigenvalue weighted by Crippen LogP contribution is 2.32. The minimum atomic E-state index is -0.631. The molecule has 0 aliphatic heterocycles. The fraction of sp³-hybridized carbons (Fsp3) is 0.538. The Morgan fingerprint density at radius 3 is 2.63 bits per heavy atom. The van der Waals surface area contributed by atoms with Crippen molar-refractivity contribution in [2.75, 3.05) is 32.9 Å². The Morgan fingerprint density at radius 2 is 2.00 bits per heavy atom. The highest BCUT2D eigenvalue weighted by atomic mass is 35.5. The predicted octanol–water partition coefficient (Wildman–Crippen LogP) is 2.36. The van der Waals surface area contributed by atoms with Gasteiger partial charge in [0.05, 0.1) is 16.7 Å². The first-order valence-electron chi connectivity index (χ1n) is 6.18. The highest BCUT2D eigenvalue weighted by Gasteiger charge is 2.10. The van der Waals surface area contributed by atoms with Gasteiger partial charge in [-0.25, -0.2) is 0 Å². The van der Waals surface area contributed by atoms with E-state index in [1.807, 2.05) is 6.92 Å². The summed E-state index contributed by atoms with van der Waals surface area (Å²) in [4.78, 5) is 0. The SMILES string of the molecule is CCOCCNCC(O)COc1c(Cl)cccc1Cl. The van der Waals surface area contributed by atoms with Crippen LogP contribution in [-0.2, 0) is 4.74 Å². The topological polar surface area (TPSA) is 50.7 Å². The van der Waals surface area contributed by atoms with Gasteiger partial charge in [0.15, 0.2) is 5.75 Å². The lowest BCUT2D eigenvalue weighted by molar-refractivity contribution is 0.100. The lowest BCUT2D eigenvalue weighted by Gasteiger charge is -2.14. The maximum atomic E-state index is 9.73. The molecule has 0 heterocycles. The molecule has 6 heteroatoms. The van der Waals surface area contributed by atoms with Crippen molar-refractivity contribution in [1.29, 1.82) is 0 Å². The average molecular weight is 308 g/mol. The van der Waals surface area contributed by atoms with Crippen LogP contribution in [-0.4, -0.2) is 44.1 Å². The van der Waals surface area contributed by atoms with Gasteiger partial charge in [0.2, 0.25) is 0 Å². The Bertz CT molecular complexity index is 357. The van der Waals surface area contributed by atoms with E-state index in [0.717, 1.165) is 0 Å². The number of ether oxygens (including phenoxy) is 2. The van der Waals surface area contributed by atoms with Crippen molar-refractivity contribution in [3.05, 3.63) is 28.2 Å². The monoisotopic (exact) mass is 307 g/mol. The van der Waals surface area contributed by atoms with E-state index in [1.54, 1.807) is 18.2 Å². The number of rotatable bonds is 9. The number of aliphatic hydroxyl groups is 1. The molecule has 0 aromatic heterocycles. The minimum absolute atomic E-state index is 0.130. The maximum absolute atomic E-state index is 9.73. The van der Waals surface area contributed by atoms with Gasteiger partial charge in [0.1, 0.15) is 12.7 Å². The van der Waals surface area contributed by atoms with Crippen molar-refractivity contribution in [3.8, 4) is 5.75 Å². The first-order valence-corrected chi connectivity index (χ1v) is 6.94. The lowest BCUT2D eigenvalue weighted by Crippen LogP contribution is -2.33. The van der Waals surface area contributed by atoms with E-state index in [9.17, 15) is 5.11 Å². The molecule has 0 saturated heterocycles. The van der Waals surface area contributed by atoms with E-state index in [2.05, 4.69) is 5.32 Å². The van der Waals surface area contributed by atoms with E-state index < -0.39 is 6.10 Å². The van der Waals surface area contributed by atoms with Crippen molar-refractivity contribution < 1.29 is 14.6 Å². The number of hydrogen-bond donors (Lipinski definition) is 2. The zero-order valence-corrected chi connectivity index (χ0v) is 12.4. The second kappa shape index (κ2) is 9.39. The molecule has 108 valence electrons. The molecule has 0 saturated carbocycles. The van der Waals surface area contributed by atoms with Crippen LogP contribution in [0.15, 0.2) is 18.2 Å². The molecule has 4 nitrogen and oxygen atoms in total. The zero-order chi connectivity index (χ0) is 14.1. The lowest BCUT2D eigenvalue weighted by atomic mass is 10.3. The molecule has 0 amide bonds. The summed E-state index contributed by atoms with van der Waals surface area (Å²) in [6.07, 6.45) is -0.631. The average Bonchev–Trinajstić information content (AvgIpc) is 2.38. The molecule has 1 unspecified atom stereocenters. The number of benzene rings is 1. The third kappa shape index (κ3) is 6.45. The van der Waals surface area contributed by atoms with Crippen LogP contribution in [0.4, 0.5) is 0 Å². The second-order valence-electron chi connectivity index (χ2n) is 3.92. The van der Waals surface area contributed by atoms with Gasteiger partial charge in [0, 0.05) is 19.7 Å². The standard InChI is InChI=1S/C13H19Cl2NO3/c1-2-18-7-6-16-8-10(17)9-19-13-11(14)4-3-5-12(13)15/h3-5,10,16-17H,2,6-9H2,1H3. The summed E-state index contributed by atoms with van der Waals surface area (Å²) < 4.78 is 10.6. The van der Waals surface area contributed by atoms with Gasteiger partial charge >= 0.3 is 0 Å². The molecular formula is C13H19Cl2NO3.